The van der Waals surface area contributed by atoms with E-state index in [9.17, 15) is 0 Å². The lowest BCUT2D eigenvalue weighted by Gasteiger charge is -2.29. The third kappa shape index (κ3) is 4.49. The van der Waals surface area contributed by atoms with Crippen LogP contribution in [0, 0.1) is 5.92 Å². The fourth-order valence-corrected chi connectivity index (χ4v) is 2.23. The summed E-state index contributed by atoms with van der Waals surface area (Å²) in [5.74, 6) is 6.91. The van der Waals surface area contributed by atoms with Gasteiger partial charge in [0, 0.05) is 7.11 Å². The monoisotopic (exact) mass is 266 g/mol. The van der Waals surface area contributed by atoms with Gasteiger partial charge in [-0.3, -0.25) is 11.3 Å². The molecule has 0 spiro atoms. The SMILES string of the molecule is COC(C(C)C)C(NN)c1cccc(OC(C)C)c1. The third-order valence-electron chi connectivity index (χ3n) is 3.03. The standard InChI is InChI=1S/C15H26N2O2/c1-10(2)15(18-5)14(17-16)12-7-6-8-13(9-12)19-11(3)4/h6-11,14-15,17H,16H2,1-5H3. The highest BCUT2D eigenvalue weighted by molar-refractivity contribution is 5.31. The molecule has 0 saturated heterocycles. The smallest absolute Gasteiger partial charge is 0.120 e. The Balaban J connectivity index is 2.97. The topological polar surface area (TPSA) is 56.5 Å². The van der Waals surface area contributed by atoms with Crippen LogP contribution < -0.4 is 16.0 Å². The largest absolute Gasteiger partial charge is 0.491 e. The number of ether oxygens (including phenoxy) is 2. The molecule has 0 heterocycles. The van der Waals surface area contributed by atoms with E-state index >= 15 is 0 Å². The molecule has 0 fully saturated rings. The first-order chi connectivity index (χ1) is 8.99. The Labute approximate surface area is 116 Å². The summed E-state index contributed by atoms with van der Waals surface area (Å²) in [7, 11) is 1.71. The third-order valence-corrected chi connectivity index (χ3v) is 3.03. The summed E-state index contributed by atoms with van der Waals surface area (Å²) >= 11 is 0. The van der Waals surface area contributed by atoms with E-state index in [1.807, 2.05) is 38.1 Å². The van der Waals surface area contributed by atoms with E-state index in [4.69, 9.17) is 15.3 Å². The molecule has 0 aliphatic heterocycles. The average molecular weight is 266 g/mol. The summed E-state index contributed by atoms with van der Waals surface area (Å²) in [5, 5.41) is 0. The van der Waals surface area contributed by atoms with E-state index in [-0.39, 0.29) is 18.2 Å². The number of methoxy groups -OCH3 is 1. The van der Waals surface area contributed by atoms with Crippen molar-refractivity contribution < 1.29 is 9.47 Å². The van der Waals surface area contributed by atoms with Gasteiger partial charge in [0.1, 0.15) is 5.75 Å². The lowest BCUT2D eigenvalue weighted by atomic mass is 9.94. The lowest BCUT2D eigenvalue weighted by Crippen LogP contribution is -2.40. The normalized spacial score (nSPS) is 14.7. The van der Waals surface area contributed by atoms with Crippen LogP contribution in [-0.2, 0) is 4.74 Å². The van der Waals surface area contributed by atoms with Gasteiger partial charge in [0.15, 0.2) is 0 Å². The van der Waals surface area contributed by atoms with Gasteiger partial charge in [-0.05, 0) is 37.5 Å². The zero-order valence-corrected chi connectivity index (χ0v) is 12.5. The molecule has 3 N–H and O–H groups in total. The molecular weight excluding hydrogens is 240 g/mol. The lowest BCUT2D eigenvalue weighted by molar-refractivity contribution is 0.0325. The van der Waals surface area contributed by atoms with Crippen molar-refractivity contribution in [1.29, 1.82) is 0 Å². The van der Waals surface area contributed by atoms with Crippen molar-refractivity contribution in [1.82, 2.24) is 5.43 Å². The van der Waals surface area contributed by atoms with Crippen LogP contribution in [0.25, 0.3) is 0 Å². The molecule has 0 saturated carbocycles. The maximum absolute atomic E-state index is 5.71. The number of hydrogen-bond acceptors (Lipinski definition) is 4. The van der Waals surface area contributed by atoms with Crippen LogP contribution in [-0.4, -0.2) is 19.3 Å². The van der Waals surface area contributed by atoms with Crippen LogP contribution >= 0.6 is 0 Å². The number of benzene rings is 1. The molecule has 0 amide bonds. The summed E-state index contributed by atoms with van der Waals surface area (Å²) in [6, 6.07) is 7.92. The van der Waals surface area contributed by atoms with E-state index in [1.54, 1.807) is 7.11 Å². The van der Waals surface area contributed by atoms with E-state index in [2.05, 4.69) is 19.3 Å². The van der Waals surface area contributed by atoms with Crippen LogP contribution in [0.4, 0.5) is 0 Å². The van der Waals surface area contributed by atoms with E-state index in [0.29, 0.717) is 5.92 Å². The highest BCUT2D eigenvalue weighted by atomic mass is 16.5. The fraction of sp³-hybridized carbons (Fsp3) is 0.600. The van der Waals surface area contributed by atoms with Crippen LogP contribution in [0.2, 0.25) is 0 Å². The number of rotatable bonds is 7. The fourth-order valence-electron chi connectivity index (χ4n) is 2.23. The van der Waals surface area contributed by atoms with Gasteiger partial charge in [-0.15, -0.1) is 0 Å². The van der Waals surface area contributed by atoms with Gasteiger partial charge >= 0.3 is 0 Å². The summed E-state index contributed by atoms with van der Waals surface area (Å²) in [5.41, 5.74) is 3.92. The first-order valence-electron chi connectivity index (χ1n) is 6.75. The molecule has 4 nitrogen and oxygen atoms in total. The minimum atomic E-state index is -0.0549. The maximum atomic E-state index is 5.71. The minimum Gasteiger partial charge on any atom is -0.491 e. The van der Waals surface area contributed by atoms with Crippen molar-refractivity contribution in [3.8, 4) is 5.75 Å². The second-order valence-electron chi connectivity index (χ2n) is 5.33. The predicted octanol–water partition coefficient (Wildman–Crippen LogP) is 2.65. The average Bonchev–Trinajstić information content (AvgIpc) is 2.34. The Kier molecular flexibility index (Phi) is 6.28. The molecule has 2 unspecified atom stereocenters. The molecule has 0 aliphatic carbocycles. The van der Waals surface area contributed by atoms with Crippen LogP contribution in [0.15, 0.2) is 24.3 Å². The van der Waals surface area contributed by atoms with Crippen LogP contribution in [0.5, 0.6) is 5.75 Å². The van der Waals surface area contributed by atoms with Gasteiger partial charge in [-0.25, -0.2) is 0 Å². The predicted molar refractivity (Wildman–Crippen MR) is 77.9 cm³/mol. The molecule has 4 heteroatoms. The van der Waals surface area contributed by atoms with Crippen molar-refractivity contribution in [2.75, 3.05) is 7.11 Å². The molecule has 108 valence electrons. The highest BCUT2D eigenvalue weighted by Gasteiger charge is 2.25. The summed E-state index contributed by atoms with van der Waals surface area (Å²) in [6.45, 7) is 8.26. The molecule has 1 aromatic rings. The highest BCUT2D eigenvalue weighted by Crippen LogP contribution is 2.26. The van der Waals surface area contributed by atoms with Crippen molar-refractivity contribution in [3.05, 3.63) is 29.8 Å². The summed E-state index contributed by atoms with van der Waals surface area (Å²) < 4.78 is 11.3. The van der Waals surface area contributed by atoms with Gasteiger partial charge in [-0.1, -0.05) is 26.0 Å². The Morgan fingerprint density at radius 3 is 2.32 bits per heavy atom. The molecule has 0 radical (unpaired) electrons. The Bertz CT molecular complexity index is 380. The van der Waals surface area contributed by atoms with E-state index in [0.717, 1.165) is 11.3 Å². The van der Waals surface area contributed by atoms with E-state index in [1.165, 1.54) is 0 Å². The number of nitrogens with two attached hydrogens (primary N) is 1. The second-order valence-corrected chi connectivity index (χ2v) is 5.33. The molecule has 1 rings (SSSR count). The zero-order valence-electron chi connectivity index (χ0n) is 12.5. The Hall–Kier alpha value is -1.10. The molecule has 0 aliphatic rings. The van der Waals surface area contributed by atoms with Crippen molar-refractivity contribution in [2.24, 2.45) is 11.8 Å². The quantitative estimate of drug-likeness (QED) is 0.588. The Morgan fingerprint density at radius 1 is 1.16 bits per heavy atom. The van der Waals surface area contributed by atoms with Crippen molar-refractivity contribution >= 4 is 0 Å². The van der Waals surface area contributed by atoms with Gasteiger partial charge < -0.3 is 9.47 Å². The number of hydrazine groups is 1. The summed E-state index contributed by atoms with van der Waals surface area (Å²) in [4.78, 5) is 0. The van der Waals surface area contributed by atoms with Crippen LogP contribution in [0.3, 0.4) is 0 Å². The first kappa shape index (κ1) is 16.0. The number of hydrogen-bond donors (Lipinski definition) is 2. The first-order valence-corrected chi connectivity index (χ1v) is 6.75. The minimum absolute atomic E-state index is 0.0132. The number of nitrogens with one attached hydrogen (secondary N) is 1. The maximum Gasteiger partial charge on any atom is 0.120 e. The molecule has 0 bridgehead atoms. The van der Waals surface area contributed by atoms with Crippen molar-refractivity contribution in [2.45, 2.75) is 45.9 Å². The van der Waals surface area contributed by atoms with Gasteiger partial charge in [0.05, 0.1) is 18.2 Å². The van der Waals surface area contributed by atoms with Gasteiger partial charge in [0.2, 0.25) is 0 Å². The molecule has 2 atom stereocenters. The van der Waals surface area contributed by atoms with Gasteiger partial charge in [-0.2, -0.15) is 0 Å². The van der Waals surface area contributed by atoms with E-state index < -0.39 is 0 Å². The Morgan fingerprint density at radius 2 is 1.84 bits per heavy atom. The van der Waals surface area contributed by atoms with Gasteiger partial charge in [0.25, 0.3) is 0 Å². The molecular formula is C15H26N2O2. The molecule has 19 heavy (non-hydrogen) atoms. The molecule has 0 aromatic heterocycles. The van der Waals surface area contributed by atoms with Crippen molar-refractivity contribution in [3.63, 3.8) is 0 Å². The second kappa shape index (κ2) is 7.48. The van der Waals surface area contributed by atoms with Crippen LogP contribution in [0.1, 0.15) is 39.3 Å². The zero-order chi connectivity index (χ0) is 14.4. The summed E-state index contributed by atoms with van der Waals surface area (Å²) in [6.07, 6.45) is 0.169. The molecule has 1 aromatic carbocycles.